The van der Waals surface area contributed by atoms with E-state index in [1.807, 2.05) is 0 Å². The summed E-state index contributed by atoms with van der Waals surface area (Å²) in [7, 11) is 0. The van der Waals surface area contributed by atoms with Gasteiger partial charge in [0, 0.05) is 10.2 Å². The molecule has 2 unspecified atom stereocenters. The molecule has 1 aromatic carbocycles. The molecule has 2 rings (SSSR count). The van der Waals surface area contributed by atoms with Gasteiger partial charge in [-0.25, -0.2) is 4.39 Å². The number of halogens is 3. The Hall–Kier alpha value is -0.0900. The molecule has 1 fully saturated rings. The molecule has 1 saturated carbocycles. The Labute approximate surface area is 112 Å². The lowest BCUT2D eigenvalue weighted by atomic mass is 9.69. The Bertz CT molecular complexity index is 406. The minimum atomic E-state index is -0.265. The van der Waals surface area contributed by atoms with Crippen LogP contribution in [0.2, 0.25) is 0 Å². The number of ether oxygens (including phenoxy) is 1. The van der Waals surface area contributed by atoms with Crippen LogP contribution in [0.25, 0.3) is 0 Å². The Morgan fingerprint density at radius 3 is 2.62 bits per heavy atom. The first kappa shape index (κ1) is 12.4. The highest BCUT2D eigenvalue weighted by atomic mass is 79.9. The molecule has 1 aliphatic carbocycles. The second-order valence-corrected chi connectivity index (χ2v) is 6.67. The van der Waals surface area contributed by atoms with E-state index >= 15 is 0 Å². The monoisotopic (exact) mass is 350 g/mol. The predicted octanol–water partition coefficient (Wildman–Crippen LogP) is 4.53. The number of hydrogen-bond acceptors (Lipinski definition) is 1. The van der Waals surface area contributed by atoms with Crippen molar-refractivity contribution < 1.29 is 9.13 Å². The lowest BCUT2D eigenvalue weighted by Gasteiger charge is -2.48. The molecule has 1 aromatic rings. The van der Waals surface area contributed by atoms with Crippen molar-refractivity contribution in [1.82, 2.24) is 0 Å². The fourth-order valence-corrected chi connectivity index (χ4v) is 2.74. The van der Waals surface area contributed by atoms with Crippen molar-refractivity contribution in [3.05, 3.63) is 28.5 Å². The molecule has 88 valence electrons. The maximum atomic E-state index is 13.0. The Morgan fingerprint density at radius 1 is 1.44 bits per heavy atom. The molecule has 0 spiro atoms. The zero-order valence-corrected chi connectivity index (χ0v) is 12.3. The van der Waals surface area contributed by atoms with Gasteiger partial charge in [-0.1, -0.05) is 29.8 Å². The van der Waals surface area contributed by atoms with Gasteiger partial charge in [-0.2, -0.15) is 0 Å². The molecule has 2 atom stereocenters. The van der Waals surface area contributed by atoms with Crippen LogP contribution in [0, 0.1) is 11.2 Å². The van der Waals surface area contributed by atoms with Crippen molar-refractivity contribution in [2.24, 2.45) is 5.41 Å². The smallest absolute Gasteiger partial charge is 0.137 e. The van der Waals surface area contributed by atoms with E-state index in [-0.39, 0.29) is 17.3 Å². The summed E-state index contributed by atoms with van der Waals surface area (Å²) in [6.07, 6.45) is 1.18. The van der Waals surface area contributed by atoms with E-state index in [2.05, 4.69) is 45.7 Å². The molecule has 0 aromatic heterocycles. The highest BCUT2D eigenvalue weighted by Crippen LogP contribution is 2.47. The van der Waals surface area contributed by atoms with E-state index in [0.29, 0.717) is 15.0 Å². The van der Waals surface area contributed by atoms with E-state index < -0.39 is 0 Å². The minimum Gasteiger partial charge on any atom is -0.490 e. The van der Waals surface area contributed by atoms with Gasteiger partial charge in [-0.05, 0) is 40.5 Å². The van der Waals surface area contributed by atoms with Crippen LogP contribution in [-0.4, -0.2) is 10.9 Å². The molecule has 4 heteroatoms. The molecule has 1 nitrogen and oxygen atoms in total. The van der Waals surface area contributed by atoms with Crippen LogP contribution in [0.4, 0.5) is 4.39 Å². The fourth-order valence-electron chi connectivity index (χ4n) is 1.75. The number of hydrogen-bond donors (Lipinski definition) is 0. The molecule has 1 aliphatic rings. The molecule has 0 radical (unpaired) electrons. The first-order valence-corrected chi connectivity index (χ1v) is 6.88. The maximum absolute atomic E-state index is 13.0. The van der Waals surface area contributed by atoms with Crippen LogP contribution in [0.1, 0.15) is 20.3 Å². The fraction of sp³-hybridized carbons (Fsp3) is 0.500. The van der Waals surface area contributed by atoms with E-state index in [1.54, 1.807) is 12.1 Å². The van der Waals surface area contributed by atoms with Crippen LogP contribution in [0.5, 0.6) is 5.75 Å². The average molecular weight is 352 g/mol. The van der Waals surface area contributed by atoms with Crippen molar-refractivity contribution in [1.29, 1.82) is 0 Å². The zero-order chi connectivity index (χ0) is 11.9. The normalized spacial score (nSPS) is 27.3. The second-order valence-electron chi connectivity index (χ2n) is 4.71. The SMILES string of the molecule is CC1(C)C(Br)CC1Oc1ccc(F)c(Br)c1. The van der Waals surface area contributed by atoms with Gasteiger partial charge in [-0.15, -0.1) is 0 Å². The van der Waals surface area contributed by atoms with Gasteiger partial charge in [0.25, 0.3) is 0 Å². The van der Waals surface area contributed by atoms with Crippen molar-refractivity contribution in [3.8, 4) is 5.75 Å². The largest absolute Gasteiger partial charge is 0.490 e. The van der Waals surface area contributed by atoms with Gasteiger partial charge in [0.2, 0.25) is 0 Å². The van der Waals surface area contributed by atoms with E-state index in [4.69, 9.17) is 4.74 Å². The van der Waals surface area contributed by atoms with Crippen LogP contribution in [0.3, 0.4) is 0 Å². The maximum Gasteiger partial charge on any atom is 0.137 e. The summed E-state index contributed by atoms with van der Waals surface area (Å²) < 4.78 is 19.3. The summed E-state index contributed by atoms with van der Waals surface area (Å²) in [5.41, 5.74) is 0.126. The standard InChI is InChI=1S/C12H13Br2FO/c1-12(2)10(14)6-11(12)16-7-3-4-9(15)8(13)5-7/h3-5,10-11H,6H2,1-2H3. The van der Waals surface area contributed by atoms with Crippen molar-refractivity contribution in [3.63, 3.8) is 0 Å². The number of rotatable bonds is 2. The highest BCUT2D eigenvalue weighted by Gasteiger charge is 2.48. The quantitative estimate of drug-likeness (QED) is 0.711. The molecule has 0 amide bonds. The summed E-state index contributed by atoms with van der Waals surface area (Å²) >= 11 is 6.76. The van der Waals surface area contributed by atoms with Crippen LogP contribution >= 0.6 is 31.9 Å². The summed E-state index contributed by atoms with van der Waals surface area (Å²) in [6.45, 7) is 4.33. The van der Waals surface area contributed by atoms with Gasteiger partial charge in [0.05, 0.1) is 4.47 Å². The van der Waals surface area contributed by atoms with Crippen LogP contribution in [0.15, 0.2) is 22.7 Å². The van der Waals surface area contributed by atoms with Crippen molar-refractivity contribution in [2.75, 3.05) is 0 Å². The topological polar surface area (TPSA) is 9.23 Å². The summed E-state index contributed by atoms with van der Waals surface area (Å²) in [6, 6.07) is 4.75. The van der Waals surface area contributed by atoms with Crippen LogP contribution in [-0.2, 0) is 0 Å². The van der Waals surface area contributed by atoms with E-state index in [1.165, 1.54) is 6.07 Å². The zero-order valence-electron chi connectivity index (χ0n) is 9.14. The first-order chi connectivity index (χ1) is 7.41. The number of benzene rings is 1. The predicted molar refractivity (Wildman–Crippen MR) is 69.6 cm³/mol. The summed E-state index contributed by atoms with van der Waals surface area (Å²) in [4.78, 5) is 0.494. The third kappa shape index (κ3) is 2.14. The Kier molecular flexibility index (Phi) is 3.32. The Morgan fingerprint density at radius 2 is 2.12 bits per heavy atom. The summed E-state index contributed by atoms with van der Waals surface area (Å²) in [5, 5.41) is 0. The van der Waals surface area contributed by atoms with Gasteiger partial charge in [-0.3, -0.25) is 0 Å². The molecular formula is C12H13Br2FO. The third-order valence-electron chi connectivity index (χ3n) is 3.23. The second kappa shape index (κ2) is 4.30. The third-order valence-corrected chi connectivity index (χ3v) is 5.39. The van der Waals surface area contributed by atoms with Gasteiger partial charge < -0.3 is 4.74 Å². The van der Waals surface area contributed by atoms with Gasteiger partial charge in [0.1, 0.15) is 17.7 Å². The van der Waals surface area contributed by atoms with Crippen LogP contribution < -0.4 is 4.74 Å². The van der Waals surface area contributed by atoms with Crippen molar-refractivity contribution in [2.45, 2.75) is 31.2 Å². The van der Waals surface area contributed by atoms with Gasteiger partial charge >= 0.3 is 0 Å². The lowest BCUT2D eigenvalue weighted by molar-refractivity contribution is -0.00787. The Balaban J connectivity index is 2.08. The molecule has 16 heavy (non-hydrogen) atoms. The molecular weight excluding hydrogens is 339 g/mol. The molecule has 0 saturated heterocycles. The molecule has 0 heterocycles. The van der Waals surface area contributed by atoms with Gasteiger partial charge in [0.15, 0.2) is 0 Å². The molecule has 0 bridgehead atoms. The molecule has 0 N–H and O–H groups in total. The molecule has 0 aliphatic heterocycles. The van der Waals surface area contributed by atoms with E-state index in [0.717, 1.165) is 6.42 Å². The first-order valence-electron chi connectivity index (χ1n) is 5.17. The minimum absolute atomic E-state index is 0.126. The highest BCUT2D eigenvalue weighted by molar-refractivity contribution is 9.10. The van der Waals surface area contributed by atoms with E-state index in [9.17, 15) is 4.39 Å². The summed E-state index contributed by atoms with van der Waals surface area (Å²) in [5.74, 6) is 0.448. The average Bonchev–Trinajstić information content (AvgIpc) is 2.23. The van der Waals surface area contributed by atoms with Crippen molar-refractivity contribution >= 4 is 31.9 Å². The lowest BCUT2D eigenvalue weighted by Crippen LogP contribution is -2.53. The number of alkyl halides is 1.